The molecule has 0 saturated heterocycles. The van der Waals surface area contributed by atoms with E-state index in [4.69, 9.17) is 9.40 Å². The number of aromatic nitrogens is 1. The van der Waals surface area contributed by atoms with Crippen LogP contribution in [0.2, 0.25) is 0 Å². The van der Waals surface area contributed by atoms with Gasteiger partial charge >= 0.3 is 0 Å². The fourth-order valence-corrected chi connectivity index (χ4v) is 3.10. The number of carbonyl (C=O) groups is 1. The quantitative estimate of drug-likeness (QED) is 0.522. The number of rotatable bonds is 4. The van der Waals surface area contributed by atoms with Crippen LogP contribution in [0.5, 0.6) is 0 Å². The van der Waals surface area contributed by atoms with Crippen molar-refractivity contribution in [2.45, 2.75) is 20.3 Å². The molecule has 0 aliphatic rings. The molecule has 0 fully saturated rings. The largest absolute Gasteiger partial charge is 0.436 e. The van der Waals surface area contributed by atoms with Crippen molar-refractivity contribution >= 4 is 33.5 Å². The van der Waals surface area contributed by atoms with Crippen molar-refractivity contribution in [3.63, 3.8) is 0 Å². The van der Waals surface area contributed by atoms with Crippen LogP contribution in [0.4, 0.5) is 5.69 Å². The summed E-state index contributed by atoms with van der Waals surface area (Å²) in [6, 6.07) is 19.7. The summed E-state index contributed by atoms with van der Waals surface area (Å²) in [5.74, 6) is 0.889. The molecule has 0 radical (unpaired) electrons. The minimum atomic E-state index is 0.0145. The number of fused-ring (bicyclic) bond motifs is 3. The molecule has 4 rings (SSSR count). The number of nitrogens with zero attached hydrogens (tertiary/aromatic N) is 1. The van der Waals surface area contributed by atoms with Crippen LogP contribution >= 0.6 is 0 Å². The molecule has 26 heavy (non-hydrogen) atoms. The lowest BCUT2D eigenvalue weighted by Gasteiger charge is -2.07. The number of amides is 1. The second-order valence-corrected chi connectivity index (χ2v) is 6.88. The molecule has 130 valence electrons. The first kappa shape index (κ1) is 16.3. The Labute approximate surface area is 151 Å². The van der Waals surface area contributed by atoms with Crippen molar-refractivity contribution in [1.29, 1.82) is 0 Å². The van der Waals surface area contributed by atoms with Crippen LogP contribution in [-0.2, 0) is 4.79 Å². The number of oxazole rings is 1. The summed E-state index contributed by atoms with van der Waals surface area (Å²) < 4.78 is 5.96. The molecule has 0 aliphatic heterocycles. The van der Waals surface area contributed by atoms with Crippen LogP contribution in [0, 0.1) is 5.92 Å². The van der Waals surface area contributed by atoms with Crippen molar-refractivity contribution in [2.24, 2.45) is 5.92 Å². The van der Waals surface area contributed by atoms with E-state index in [9.17, 15) is 4.79 Å². The molecule has 1 heterocycles. The number of carbonyl (C=O) groups excluding carboxylic acids is 1. The van der Waals surface area contributed by atoms with Gasteiger partial charge in [0.15, 0.2) is 5.58 Å². The van der Waals surface area contributed by atoms with Crippen molar-refractivity contribution < 1.29 is 9.21 Å². The minimum Gasteiger partial charge on any atom is -0.436 e. The van der Waals surface area contributed by atoms with Crippen LogP contribution in [0.25, 0.3) is 33.3 Å². The molecular weight excluding hydrogens is 324 g/mol. The van der Waals surface area contributed by atoms with Gasteiger partial charge in [0.2, 0.25) is 11.8 Å². The fraction of sp³-hybridized carbons (Fsp3) is 0.182. The van der Waals surface area contributed by atoms with Gasteiger partial charge in [-0.15, -0.1) is 0 Å². The molecular formula is C22H20N2O2. The summed E-state index contributed by atoms with van der Waals surface area (Å²) in [5, 5.41) is 5.14. The van der Waals surface area contributed by atoms with Gasteiger partial charge in [-0.3, -0.25) is 4.79 Å². The highest BCUT2D eigenvalue weighted by Crippen LogP contribution is 2.30. The SMILES string of the molecule is CC(C)CC(=O)Nc1cccc(-c2nc3c(ccc4ccccc43)o2)c1. The Bertz CT molecular complexity index is 1100. The van der Waals surface area contributed by atoms with E-state index >= 15 is 0 Å². The van der Waals surface area contributed by atoms with Gasteiger partial charge in [0.1, 0.15) is 5.52 Å². The number of hydrogen-bond donors (Lipinski definition) is 1. The first-order valence-corrected chi connectivity index (χ1v) is 8.79. The predicted molar refractivity (Wildman–Crippen MR) is 105 cm³/mol. The van der Waals surface area contributed by atoms with E-state index in [0.29, 0.717) is 18.2 Å². The molecule has 4 nitrogen and oxygen atoms in total. The molecule has 0 spiro atoms. The molecule has 1 amide bonds. The van der Waals surface area contributed by atoms with Crippen molar-refractivity contribution in [1.82, 2.24) is 4.98 Å². The second kappa shape index (κ2) is 6.64. The molecule has 4 heteroatoms. The van der Waals surface area contributed by atoms with E-state index in [2.05, 4.69) is 11.4 Å². The average Bonchev–Trinajstić information content (AvgIpc) is 3.06. The molecule has 0 unspecified atom stereocenters. The summed E-state index contributed by atoms with van der Waals surface area (Å²) in [7, 11) is 0. The minimum absolute atomic E-state index is 0.0145. The lowest BCUT2D eigenvalue weighted by atomic mass is 10.1. The van der Waals surface area contributed by atoms with E-state index in [0.717, 1.165) is 33.1 Å². The zero-order valence-electron chi connectivity index (χ0n) is 14.8. The van der Waals surface area contributed by atoms with Gasteiger partial charge in [0.05, 0.1) is 0 Å². The highest BCUT2D eigenvalue weighted by atomic mass is 16.3. The van der Waals surface area contributed by atoms with Crippen LogP contribution in [0.1, 0.15) is 20.3 Å². The summed E-state index contributed by atoms with van der Waals surface area (Å²) in [5.41, 5.74) is 3.20. The first-order chi connectivity index (χ1) is 12.6. The fourth-order valence-electron chi connectivity index (χ4n) is 3.10. The summed E-state index contributed by atoms with van der Waals surface area (Å²) in [4.78, 5) is 16.7. The van der Waals surface area contributed by atoms with E-state index in [-0.39, 0.29) is 5.91 Å². The van der Waals surface area contributed by atoms with Gasteiger partial charge in [0, 0.05) is 23.1 Å². The van der Waals surface area contributed by atoms with Crippen LogP contribution in [-0.4, -0.2) is 10.9 Å². The van der Waals surface area contributed by atoms with Gasteiger partial charge in [-0.25, -0.2) is 4.98 Å². The van der Waals surface area contributed by atoms with Gasteiger partial charge in [0.25, 0.3) is 0 Å². The van der Waals surface area contributed by atoms with Crippen molar-refractivity contribution in [2.75, 3.05) is 5.32 Å². The third-order valence-electron chi connectivity index (χ3n) is 4.27. The predicted octanol–water partition coefficient (Wildman–Crippen LogP) is 5.63. The average molecular weight is 344 g/mol. The van der Waals surface area contributed by atoms with Crippen LogP contribution in [0.3, 0.4) is 0 Å². The molecule has 0 atom stereocenters. The van der Waals surface area contributed by atoms with Crippen molar-refractivity contribution in [3.8, 4) is 11.5 Å². The Balaban J connectivity index is 1.70. The number of hydrogen-bond acceptors (Lipinski definition) is 3. The Morgan fingerprint density at radius 3 is 2.77 bits per heavy atom. The highest BCUT2D eigenvalue weighted by molar-refractivity contribution is 6.04. The smallest absolute Gasteiger partial charge is 0.227 e. The van der Waals surface area contributed by atoms with Crippen LogP contribution < -0.4 is 5.32 Å². The summed E-state index contributed by atoms with van der Waals surface area (Å²) in [6.45, 7) is 4.05. The zero-order chi connectivity index (χ0) is 18.1. The van der Waals surface area contributed by atoms with E-state index < -0.39 is 0 Å². The van der Waals surface area contributed by atoms with Crippen molar-refractivity contribution in [3.05, 3.63) is 60.7 Å². The third kappa shape index (κ3) is 3.18. The number of anilines is 1. The number of nitrogens with one attached hydrogen (secondary N) is 1. The van der Waals surface area contributed by atoms with Gasteiger partial charge < -0.3 is 9.73 Å². The topological polar surface area (TPSA) is 55.1 Å². The normalized spacial score (nSPS) is 11.3. The molecule has 1 N–H and O–H groups in total. The van der Waals surface area contributed by atoms with E-state index in [1.165, 1.54) is 0 Å². The molecule has 0 saturated carbocycles. The van der Waals surface area contributed by atoms with Gasteiger partial charge in [-0.2, -0.15) is 0 Å². The highest BCUT2D eigenvalue weighted by Gasteiger charge is 2.12. The molecule has 3 aromatic carbocycles. The Morgan fingerprint density at radius 1 is 1.08 bits per heavy atom. The van der Waals surface area contributed by atoms with E-state index in [1.807, 2.05) is 68.4 Å². The Hall–Kier alpha value is -3.14. The third-order valence-corrected chi connectivity index (χ3v) is 4.27. The van der Waals surface area contributed by atoms with Gasteiger partial charge in [-0.05, 0) is 35.6 Å². The maximum absolute atomic E-state index is 12.0. The monoisotopic (exact) mass is 344 g/mol. The zero-order valence-corrected chi connectivity index (χ0v) is 14.8. The second-order valence-electron chi connectivity index (χ2n) is 6.88. The number of benzene rings is 3. The first-order valence-electron chi connectivity index (χ1n) is 8.79. The standard InChI is InChI=1S/C22H20N2O2/c1-14(2)12-20(25)23-17-8-5-7-16(13-17)22-24-21-18-9-4-3-6-15(18)10-11-19(21)26-22/h3-11,13-14H,12H2,1-2H3,(H,23,25). The summed E-state index contributed by atoms with van der Waals surface area (Å²) >= 11 is 0. The molecule has 0 bridgehead atoms. The maximum Gasteiger partial charge on any atom is 0.227 e. The Kier molecular flexibility index (Phi) is 4.17. The Morgan fingerprint density at radius 2 is 1.92 bits per heavy atom. The van der Waals surface area contributed by atoms with Crippen LogP contribution in [0.15, 0.2) is 65.1 Å². The maximum atomic E-state index is 12.0. The molecule has 1 aromatic heterocycles. The molecule has 4 aromatic rings. The lowest BCUT2D eigenvalue weighted by molar-refractivity contribution is -0.116. The van der Waals surface area contributed by atoms with Gasteiger partial charge in [-0.1, -0.05) is 50.2 Å². The van der Waals surface area contributed by atoms with E-state index in [1.54, 1.807) is 0 Å². The lowest BCUT2D eigenvalue weighted by Crippen LogP contribution is -2.13. The molecule has 0 aliphatic carbocycles. The summed E-state index contributed by atoms with van der Waals surface area (Å²) in [6.07, 6.45) is 0.499.